The van der Waals surface area contributed by atoms with Crippen molar-refractivity contribution in [2.24, 2.45) is 0 Å². The van der Waals surface area contributed by atoms with Crippen molar-refractivity contribution in [2.75, 3.05) is 50.9 Å². The van der Waals surface area contributed by atoms with Gasteiger partial charge in [-0.05, 0) is 25.7 Å². The molecule has 6 rings (SSSR count). The van der Waals surface area contributed by atoms with E-state index in [4.69, 9.17) is 30.8 Å². The number of pyridine rings is 1. The Hall–Kier alpha value is -2.50. The molecular formula is C25H32ClFN6O4. The SMILES string of the molecule is CCCCOC(=O)N1C2CCC1CN(c1nc(OCCN3C[C@@H]4C[C@H]3CO4)nc3c(F)c(Cl)ncc13)C2. The third-order valence-electron chi connectivity index (χ3n) is 7.94. The minimum Gasteiger partial charge on any atom is -0.462 e. The van der Waals surface area contributed by atoms with E-state index in [1.54, 1.807) is 0 Å². The van der Waals surface area contributed by atoms with Gasteiger partial charge in [-0.2, -0.15) is 9.97 Å². The maximum Gasteiger partial charge on any atom is 0.410 e. The van der Waals surface area contributed by atoms with Crippen LogP contribution in [0.3, 0.4) is 0 Å². The van der Waals surface area contributed by atoms with E-state index in [0.717, 1.165) is 51.8 Å². The Labute approximate surface area is 220 Å². The quantitative estimate of drug-likeness (QED) is 0.373. The van der Waals surface area contributed by atoms with Gasteiger partial charge in [0.2, 0.25) is 0 Å². The van der Waals surface area contributed by atoms with E-state index in [0.29, 0.717) is 49.7 Å². The molecule has 4 aliphatic heterocycles. The van der Waals surface area contributed by atoms with Gasteiger partial charge in [0.1, 0.15) is 17.9 Å². The topological polar surface area (TPSA) is 93.2 Å². The monoisotopic (exact) mass is 534 g/mol. The number of rotatable bonds is 8. The molecule has 0 N–H and O–H groups in total. The van der Waals surface area contributed by atoms with Crippen molar-refractivity contribution >= 4 is 34.4 Å². The fourth-order valence-electron chi connectivity index (χ4n) is 6.06. The van der Waals surface area contributed by atoms with E-state index in [9.17, 15) is 4.79 Å². The fraction of sp³-hybridized carbons (Fsp3) is 0.680. The minimum atomic E-state index is -0.692. The Balaban J connectivity index is 1.21. The zero-order chi connectivity index (χ0) is 25.5. The number of anilines is 1. The third kappa shape index (κ3) is 4.77. The second kappa shape index (κ2) is 10.3. The van der Waals surface area contributed by atoms with Crippen LogP contribution in [0.4, 0.5) is 15.0 Å². The largest absolute Gasteiger partial charge is 0.462 e. The number of amides is 1. The number of unbranched alkanes of at least 4 members (excludes halogenated alkanes) is 1. The number of piperazine rings is 1. The van der Waals surface area contributed by atoms with Gasteiger partial charge >= 0.3 is 12.1 Å². The normalized spacial score (nSPS) is 26.9. The highest BCUT2D eigenvalue weighted by molar-refractivity contribution is 6.30. The second-order valence-electron chi connectivity index (χ2n) is 10.3. The fourth-order valence-corrected chi connectivity index (χ4v) is 6.20. The lowest BCUT2D eigenvalue weighted by Crippen LogP contribution is -2.56. The van der Waals surface area contributed by atoms with Crippen LogP contribution in [-0.2, 0) is 9.47 Å². The summed E-state index contributed by atoms with van der Waals surface area (Å²) < 4.78 is 32.1. The van der Waals surface area contributed by atoms with Gasteiger partial charge in [0.25, 0.3) is 0 Å². The molecule has 0 spiro atoms. The van der Waals surface area contributed by atoms with Crippen molar-refractivity contribution in [3.63, 3.8) is 0 Å². The van der Waals surface area contributed by atoms with Crippen molar-refractivity contribution in [3.8, 4) is 6.01 Å². The van der Waals surface area contributed by atoms with Crippen LogP contribution in [0.2, 0.25) is 5.15 Å². The first-order chi connectivity index (χ1) is 18.0. The molecule has 4 bridgehead atoms. The van der Waals surface area contributed by atoms with E-state index in [-0.39, 0.29) is 34.9 Å². The summed E-state index contributed by atoms with van der Waals surface area (Å²) in [6, 6.07) is 0.544. The van der Waals surface area contributed by atoms with Crippen LogP contribution >= 0.6 is 11.6 Å². The summed E-state index contributed by atoms with van der Waals surface area (Å²) in [4.78, 5) is 32.1. The maximum atomic E-state index is 15.0. The molecule has 0 aromatic carbocycles. The summed E-state index contributed by atoms with van der Waals surface area (Å²) in [6.45, 7) is 6.40. The Bertz CT molecular complexity index is 1160. The van der Waals surface area contributed by atoms with Gasteiger partial charge in [0.05, 0.1) is 36.8 Å². The number of carbonyl (C=O) groups is 1. The van der Waals surface area contributed by atoms with E-state index in [1.807, 2.05) is 4.90 Å². The first-order valence-corrected chi connectivity index (χ1v) is 13.6. The molecule has 4 saturated heterocycles. The maximum absolute atomic E-state index is 15.0. The average molecular weight is 535 g/mol. The molecule has 4 aliphatic rings. The van der Waals surface area contributed by atoms with Crippen LogP contribution in [0.1, 0.15) is 39.0 Å². The molecule has 2 aromatic rings. The number of fused-ring (bicyclic) bond motifs is 5. The van der Waals surface area contributed by atoms with Gasteiger partial charge in [0.15, 0.2) is 11.0 Å². The van der Waals surface area contributed by atoms with Crippen LogP contribution in [0.5, 0.6) is 6.01 Å². The molecule has 2 aromatic heterocycles. The van der Waals surface area contributed by atoms with Crippen LogP contribution in [0.15, 0.2) is 6.20 Å². The molecule has 0 aliphatic carbocycles. The summed E-state index contributed by atoms with van der Waals surface area (Å²) >= 11 is 5.99. The number of likely N-dealkylation sites (tertiary alicyclic amines) is 1. The number of hydrogen-bond acceptors (Lipinski definition) is 9. The molecule has 200 valence electrons. The summed E-state index contributed by atoms with van der Waals surface area (Å²) in [5.41, 5.74) is 0.0855. The van der Waals surface area contributed by atoms with Gasteiger partial charge in [-0.25, -0.2) is 14.2 Å². The van der Waals surface area contributed by atoms with Gasteiger partial charge < -0.3 is 19.1 Å². The molecule has 1 amide bonds. The second-order valence-corrected chi connectivity index (χ2v) is 10.7. The van der Waals surface area contributed by atoms with Crippen LogP contribution in [-0.4, -0.2) is 101 Å². The lowest BCUT2D eigenvalue weighted by Gasteiger charge is -2.41. The van der Waals surface area contributed by atoms with Gasteiger partial charge in [-0.3, -0.25) is 9.80 Å². The minimum absolute atomic E-state index is 0.000162. The highest BCUT2D eigenvalue weighted by atomic mass is 35.5. The Morgan fingerprint density at radius 3 is 2.70 bits per heavy atom. The lowest BCUT2D eigenvalue weighted by atomic mass is 10.1. The molecule has 0 radical (unpaired) electrons. The van der Waals surface area contributed by atoms with Crippen LogP contribution in [0, 0.1) is 5.82 Å². The van der Waals surface area contributed by atoms with Crippen LogP contribution in [0.25, 0.3) is 10.9 Å². The number of morpholine rings is 1. The average Bonchev–Trinajstić information content (AvgIpc) is 3.59. The predicted molar refractivity (Wildman–Crippen MR) is 135 cm³/mol. The van der Waals surface area contributed by atoms with Crippen LogP contribution < -0.4 is 9.64 Å². The Morgan fingerprint density at radius 1 is 1.19 bits per heavy atom. The van der Waals surface area contributed by atoms with E-state index < -0.39 is 5.82 Å². The van der Waals surface area contributed by atoms with Crippen molar-refractivity contribution < 1.29 is 23.4 Å². The zero-order valence-electron chi connectivity index (χ0n) is 20.9. The van der Waals surface area contributed by atoms with E-state index >= 15 is 4.39 Å². The lowest BCUT2D eigenvalue weighted by molar-refractivity contribution is 0.0253. The third-order valence-corrected chi connectivity index (χ3v) is 8.20. The molecule has 4 fully saturated rings. The highest BCUT2D eigenvalue weighted by Crippen LogP contribution is 2.36. The first kappa shape index (κ1) is 24.8. The molecular weight excluding hydrogens is 503 g/mol. The summed E-state index contributed by atoms with van der Waals surface area (Å²) in [5.74, 6) is -0.143. The van der Waals surface area contributed by atoms with Gasteiger partial charge in [-0.1, -0.05) is 24.9 Å². The Morgan fingerprint density at radius 2 is 2.00 bits per heavy atom. The summed E-state index contributed by atoms with van der Waals surface area (Å²) in [6.07, 6.45) is 6.23. The number of halogens is 2. The van der Waals surface area contributed by atoms with E-state index in [2.05, 4.69) is 26.7 Å². The molecule has 10 nitrogen and oxygen atoms in total. The summed E-state index contributed by atoms with van der Waals surface area (Å²) in [7, 11) is 0. The zero-order valence-corrected chi connectivity index (χ0v) is 21.7. The van der Waals surface area contributed by atoms with Crippen molar-refractivity contribution in [1.82, 2.24) is 24.8 Å². The number of aromatic nitrogens is 3. The number of ether oxygens (including phenoxy) is 3. The summed E-state index contributed by atoms with van der Waals surface area (Å²) in [5, 5.41) is 0.234. The smallest absolute Gasteiger partial charge is 0.410 e. The number of carbonyl (C=O) groups excluding carboxylic acids is 1. The highest BCUT2D eigenvalue weighted by Gasteiger charge is 2.44. The standard InChI is InChI=1S/C25H32ClFN6O4/c1-2-3-7-36-25(34)33-15-4-5-16(33)12-32(11-15)23-19-10-28-22(26)20(27)21(19)29-24(30-23)35-8-6-31-13-18-9-17(31)14-37-18/h10,15-18H,2-9,11-14H2,1H3/t15?,16?,17-,18-/m0/s1. The molecule has 2 unspecified atom stereocenters. The van der Waals surface area contributed by atoms with Crippen molar-refractivity contribution in [1.29, 1.82) is 0 Å². The van der Waals surface area contributed by atoms with Crippen molar-refractivity contribution in [3.05, 3.63) is 17.2 Å². The Kier molecular flexibility index (Phi) is 6.93. The predicted octanol–water partition coefficient (Wildman–Crippen LogP) is 3.26. The molecule has 0 saturated carbocycles. The molecule has 37 heavy (non-hydrogen) atoms. The van der Waals surface area contributed by atoms with Crippen molar-refractivity contribution in [2.45, 2.75) is 63.3 Å². The first-order valence-electron chi connectivity index (χ1n) is 13.2. The molecule has 4 atom stereocenters. The van der Waals surface area contributed by atoms with Gasteiger partial charge in [-0.15, -0.1) is 0 Å². The number of hydrogen-bond donors (Lipinski definition) is 0. The molecule has 12 heteroatoms. The molecule has 6 heterocycles. The number of nitrogens with zero attached hydrogens (tertiary/aromatic N) is 6. The van der Waals surface area contributed by atoms with Gasteiger partial charge in [0, 0.05) is 38.4 Å². The van der Waals surface area contributed by atoms with E-state index in [1.165, 1.54) is 6.20 Å².